The zero-order valence-corrected chi connectivity index (χ0v) is 16.1. The quantitative estimate of drug-likeness (QED) is 0.219. The summed E-state index contributed by atoms with van der Waals surface area (Å²) in [6.07, 6.45) is 4.38. The molecule has 0 amide bonds. The molecule has 0 spiro atoms. The van der Waals surface area contributed by atoms with Crippen molar-refractivity contribution in [2.75, 3.05) is 26.7 Å². The number of hydrogen-bond donors (Lipinski definition) is 1. The van der Waals surface area contributed by atoms with Crippen molar-refractivity contribution in [2.45, 2.75) is 26.2 Å². The molecule has 1 rings (SSSR count). The molecule has 0 aromatic heterocycles. The Hall–Kier alpha value is -1.18. The highest BCUT2D eigenvalue weighted by Crippen LogP contribution is 2.08. The van der Waals surface area contributed by atoms with Crippen molar-refractivity contribution < 1.29 is 8.78 Å². The smallest absolute Gasteiger partial charge is 0.193 e. The topological polar surface area (TPSA) is 27.6 Å². The summed E-state index contributed by atoms with van der Waals surface area (Å²) in [5, 5.41) is 3.22. The van der Waals surface area contributed by atoms with Crippen molar-refractivity contribution in [1.82, 2.24) is 10.2 Å². The van der Waals surface area contributed by atoms with E-state index in [9.17, 15) is 8.78 Å². The van der Waals surface area contributed by atoms with Crippen LogP contribution in [-0.4, -0.2) is 37.5 Å². The summed E-state index contributed by atoms with van der Waals surface area (Å²) in [7, 11) is 1.98. The summed E-state index contributed by atoms with van der Waals surface area (Å²) in [6.45, 7) is 7.86. The van der Waals surface area contributed by atoms with Gasteiger partial charge in [-0.05, 0) is 43.9 Å². The Bertz CT molecular complexity index is 486. The van der Waals surface area contributed by atoms with Gasteiger partial charge in [-0.2, -0.15) is 0 Å². The van der Waals surface area contributed by atoms with Crippen LogP contribution in [0.15, 0.2) is 35.8 Å². The summed E-state index contributed by atoms with van der Waals surface area (Å²) in [4.78, 5) is 6.56. The molecular weight excluding hydrogens is 411 g/mol. The van der Waals surface area contributed by atoms with Gasteiger partial charge in [-0.15, -0.1) is 30.6 Å². The molecule has 1 aromatic carbocycles. The molecule has 0 heterocycles. The number of nitrogens with one attached hydrogen (secondary N) is 1. The summed E-state index contributed by atoms with van der Waals surface area (Å²) < 4.78 is 26.3. The van der Waals surface area contributed by atoms with Crippen molar-refractivity contribution in [2.24, 2.45) is 4.99 Å². The molecule has 0 unspecified atom stereocenters. The van der Waals surface area contributed by atoms with Gasteiger partial charge in [-0.25, -0.2) is 8.78 Å². The minimum absolute atomic E-state index is 0. The van der Waals surface area contributed by atoms with E-state index in [1.54, 1.807) is 0 Å². The lowest BCUT2D eigenvalue weighted by Gasteiger charge is -2.21. The fourth-order valence-corrected chi connectivity index (χ4v) is 2.09. The van der Waals surface area contributed by atoms with Crippen LogP contribution in [0.4, 0.5) is 8.78 Å². The average Bonchev–Trinajstić information content (AvgIpc) is 2.45. The molecule has 130 valence electrons. The molecule has 1 N–H and O–H groups in total. The largest absolute Gasteiger partial charge is 0.357 e. The number of benzene rings is 1. The Morgan fingerprint density at radius 2 is 1.96 bits per heavy atom. The third-order valence-electron chi connectivity index (χ3n) is 3.18. The first-order chi connectivity index (χ1) is 10.6. The second-order valence-corrected chi connectivity index (χ2v) is 5.12. The van der Waals surface area contributed by atoms with Crippen molar-refractivity contribution >= 4 is 29.9 Å². The molecule has 1 aromatic rings. The van der Waals surface area contributed by atoms with Gasteiger partial charge >= 0.3 is 0 Å². The van der Waals surface area contributed by atoms with Gasteiger partial charge in [0.05, 0.1) is 0 Å². The predicted octanol–water partition coefficient (Wildman–Crippen LogP) is 3.99. The summed E-state index contributed by atoms with van der Waals surface area (Å²) in [5.41, 5.74) is 0.617. The Morgan fingerprint density at radius 3 is 2.52 bits per heavy atom. The van der Waals surface area contributed by atoms with Gasteiger partial charge in [-0.1, -0.05) is 6.08 Å². The number of unbranched alkanes of at least 4 members (excludes halogenated alkanes) is 1. The lowest BCUT2D eigenvalue weighted by atomic mass is 10.1. The molecule has 0 atom stereocenters. The fraction of sp³-hybridized carbons (Fsp3) is 0.471. The monoisotopic (exact) mass is 437 g/mol. The van der Waals surface area contributed by atoms with E-state index < -0.39 is 11.6 Å². The first-order valence-corrected chi connectivity index (χ1v) is 7.62. The molecule has 0 saturated carbocycles. The van der Waals surface area contributed by atoms with Crippen molar-refractivity contribution in [3.05, 3.63) is 48.1 Å². The van der Waals surface area contributed by atoms with Gasteiger partial charge in [0.25, 0.3) is 0 Å². The number of nitrogens with zero attached hydrogens (tertiary/aromatic N) is 2. The van der Waals surface area contributed by atoms with Crippen molar-refractivity contribution in [1.29, 1.82) is 0 Å². The molecule has 23 heavy (non-hydrogen) atoms. The van der Waals surface area contributed by atoms with Crippen LogP contribution in [0.25, 0.3) is 0 Å². The van der Waals surface area contributed by atoms with E-state index in [0.29, 0.717) is 18.5 Å². The molecule has 6 heteroatoms. The number of halogens is 3. The number of guanidine groups is 1. The van der Waals surface area contributed by atoms with E-state index in [0.717, 1.165) is 38.0 Å². The van der Waals surface area contributed by atoms with E-state index in [2.05, 4.69) is 21.8 Å². The Morgan fingerprint density at radius 1 is 1.30 bits per heavy atom. The molecule has 0 aliphatic carbocycles. The highest BCUT2D eigenvalue weighted by Gasteiger charge is 2.05. The maximum absolute atomic E-state index is 13.1. The van der Waals surface area contributed by atoms with E-state index in [-0.39, 0.29) is 24.0 Å². The van der Waals surface area contributed by atoms with Crippen molar-refractivity contribution in [3.8, 4) is 0 Å². The summed E-state index contributed by atoms with van der Waals surface area (Å²) in [5.74, 6) is -0.289. The summed E-state index contributed by atoms with van der Waals surface area (Å²) in [6, 6.07) is 3.57. The van der Waals surface area contributed by atoms with Crippen LogP contribution < -0.4 is 5.32 Å². The van der Waals surface area contributed by atoms with Crippen LogP contribution in [0.2, 0.25) is 0 Å². The summed E-state index contributed by atoms with van der Waals surface area (Å²) >= 11 is 0. The van der Waals surface area contributed by atoms with Crippen LogP contribution in [0.1, 0.15) is 25.3 Å². The van der Waals surface area contributed by atoms with Gasteiger partial charge in [-0.3, -0.25) is 4.99 Å². The zero-order valence-electron chi connectivity index (χ0n) is 13.8. The average molecular weight is 437 g/mol. The Labute approximate surface area is 154 Å². The molecular formula is C17H26F2IN3. The Kier molecular flexibility index (Phi) is 11.6. The molecule has 0 aliphatic heterocycles. The lowest BCUT2D eigenvalue weighted by Crippen LogP contribution is -2.39. The highest BCUT2D eigenvalue weighted by molar-refractivity contribution is 14.0. The van der Waals surface area contributed by atoms with E-state index in [1.165, 1.54) is 12.1 Å². The minimum Gasteiger partial charge on any atom is -0.357 e. The van der Waals surface area contributed by atoms with Crippen LogP contribution >= 0.6 is 24.0 Å². The second-order valence-electron chi connectivity index (χ2n) is 5.12. The minimum atomic E-state index is -0.549. The second kappa shape index (κ2) is 12.3. The number of aliphatic imine (C=N–C) groups is 1. The predicted molar refractivity (Wildman–Crippen MR) is 104 cm³/mol. The first-order valence-electron chi connectivity index (χ1n) is 7.62. The number of allylic oxidation sites excluding steroid dienone is 1. The van der Waals surface area contributed by atoms with Gasteiger partial charge in [0, 0.05) is 32.7 Å². The molecule has 3 nitrogen and oxygen atoms in total. The standard InChI is InChI=1S/C17H25F2N3.HI/c1-4-6-7-10-22(3)17(20-5-2)21-9-8-14-11-15(18)13-16(19)12-14;/h4,11-13H,1,5-10H2,2-3H3,(H,20,21);1H. The van der Waals surface area contributed by atoms with Crippen LogP contribution in [-0.2, 0) is 6.42 Å². The third kappa shape index (κ3) is 8.88. The lowest BCUT2D eigenvalue weighted by molar-refractivity contribution is 0.470. The van der Waals surface area contributed by atoms with Crippen molar-refractivity contribution in [3.63, 3.8) is 0 Å². The highest BCUT2D eigenvalue weighted by atomic mass is 127. The number of rotatable bonds is 8. The molecule has 0 saturated heterocycles. The molecule has 0 radical (unpaired) electrons. The normalized spacial score (nSPS) is 10.9. The van der Waals surface area contributed by atoms with E-state index in [4.69, 9.17) is 0 Å². The van der Waals surface area contributed by atoms with Gasteiger partial charge in [0.2, 0.25) is 0 Å². The molecule has 0 aliphatic rings. The zero-order chi connectivity index (χ0) is 16.4. The maximum Gasteiger partial charge on any atom is 0.193 e. The van der Waals surface area contributed by atoms with Crippen LogP contribution in [0.5, 0.6) is 0 Å². The molecule has 0 fully saturated rings. The van der Waals surface area contributed by atoms with E-state index in [1.807, 2.05) is 20.0 Å². The Balaban J connectivity index is 0.00000484. The van der Waals surface area contributed by atoms with Gasteiger partial charge < -0.3 is 10.2 Å². The number of hydrogen-bond acceptors (Lipinski definition) is 1. The fourth-order valence-electron chi connectivity index (χ4n) is 2.09. The van der Waals surface area contributed by atoms with Crippen LogP contribution in [0.3, 0.4) is 0 Å². The molecule has 0 bridgehead atoms. The van der Waals surface area contributed by atoms with Gasteiger partial charge in [0.1, 0.15) is 11.6 Å². The van der Waals surface area contributed by atoms with E-state index >= 15 is 0 Å². The maximum atomic E-state index is 13.1. The third-order valence-corrected chi connectivity index (χ3v) is 3.18. The SMILES string of the molecule is C=CCCCN(C)C(=NCCc1cc(F)cc(F)c1)NCC.I. The van der Waals surface area contributed by atoms with Gasteiger partial charge in [0.15, 0.2) is 5.96 Å². The first kappa shape index (κ1) is 21.8. The van der Waals surface area contributed by atoms with Crippen LogP contribution in [0, 0.1) is 11.6 Å².